The molecule has 0 saturated carbocycles. The van der Waals surface area contributed by atoms with Crippen molar-refractivity contribution in [3.63, 3.8) is 0 Å². The Morgan fingerprint density at radius 1 is 1.05 bits per heavy atom. The van der Waals surface area contributed by atoms with E-state index in [2.05, 4.69) is 43.1 Å². The molecule has 5 rings (SSSR count). The second kappa shape index (κ2) is 11.1. The normalized spacial score (nSPS) is 14.1. The molecule has 2 aromatic carbocycles. The molecule has 0 bridgehead atoms. The standard InChI is InChI=1S/C27H25ClN8O/c28-22-12-20(33-26(24-16-32-36-35-24)18-7-4-9-30-14-18)11-21-25(19(13-29)15-31-27(21)22)34-23(8-10-37)17-5-2-1-3-6-17/h1-7,9,11-12,14-16,23,26,32-33,35-37H,8,10H2,(H,31,34)/t23-,26+/m1/s1. The van der Waals surface area contributed by atoms with Gasteiger partial charge in [-0.05, 0) is 35.7 Å². The highest BCUT2D eigenvalue weighted by molar-refractivity contribution is 6.35. The van der Waals surface area contributed by atoms with E-state index in [1.54, 1.807) is 12.4 Å². The minimum absolute atomic E-state index is 0.0119. The summed E-state index contributed by atoms with van der Waals surface area (Å²) in [5.41, 5.74) is 14.0. The summed E-state index contributed by atoms with van der Waals surface area (Å²) in [4.78, 5) is 8.73. The second-order valence-corrected chi connectivity index (χ2v) is 8.90. The SMILES string of the molecule is N#Cc1cnc2c(Cl)cc(N[C@H](C3=CNNN3)c3cccnc3)cc2c1N[C@H](CCO)c1ccccc1. The summed E-state index contributed by atoms with van der Waals surface area (Å²) in [6, 6.07) is 19.2. The number of pyridine rings is 2. The van der Waals surface area contributed by atoms with Gasteiger partial charge < -0.3 is 26.6 Å². The fourth-order valence-electron chi connectivity index (χ4n) is 4.36. The molecular weight excluding hydrogens is 488 g/mol. The first kappa shape index (κ1) is 24.3. The molecule has 1 aliphatic rings. The molecule has 0 amide bonds. The number of aliphatic hydroxyl groups excluding tert-OH is 1. The highest BCUT2D eigenvalue weighted by Gasteiger charge is 2.22. The van der Waals surface area contributed by atoms with Crippen LogP contribution in [0.1, 0.15) is 35.2 Å². The van der Waals surface area contributed by atoms with Crippen LogP contribution in [0.15, 0.2) is 85.1 Å². The van der Waals surface area contributed by atoms with E-state index in [4.69, 9.17) is 11.6 Å². The zero-order valence-corrected chi connectivity index (χ0v) is 20.5. The second-order valence-electron chi connectivity index (χ2n) is 8.49. The zero-order chi connectivity index (χ0) is 25.6. The first-order valence-corrected chi connectivity index (χ1v) is 12.1. The Balaban J connectivity index is 1.58. The van der Waals surface area contributed by atoms with Crippen molar-refractivity contribution in [2.24, 2.45) is 0 Å². The molecule has 37 heavy (non-hydrogen) atoms. The number of nitrogens with zero attached hydrogens (tertiary/aromatic N) is 3. The lowest BCUT2D eigenvalue weighted by atomic mass is 10.0. The number of aromatic nitrogens is 2. The van der Waals surface area contributed by atoms with Crippen molar-refractivity contribution in [1.82, 2.24) is 26.4 Å². The Morgan fingerprint density at radius 3 is 2.59 bits per heavy atom. The number of benzene rings is 2. The van der Waals surface area contributed by atoms with Crippen molar-refractivity contribution < 1.29 is 5.11 Å². The molecule has 0 radical (unpaired) electrons. The van der Waals surface area contributed by atoms with Gasteiger partial charge in [-0.25, -0.2) is 0 Å². The molecule has 9 nitrogen and oxygen atoms in total. The van der Waals surface area contributed by atoms with Crippen molar-refractivity contribution in [3.05, 3.63) is 107 Å². The number of aliphatic hydroxyl groups is 1. The number of hydrazine groups is 2. The summed E-state index contributed by atoms with van der Waals surface area (Å²) in [6.45, 7) is -0.0119. The van der Waals surface area contributed by atoms with Crippen molar-refractivity contribution in [1.29, 1.82) is 5.26 Å². The molecule has 1 aliphatic heterocycles. The van der Waals surface area contributed by atoms with E-state index < -0.39 is 0 Å². The number of hydrogen-bond acceptors (Lipinski definition) is 9. The maximum Gasteiger partial charge on any atom is 0.103 e. The first-order valence-electron chi connectivity index (χ1n) is 11.8. The Kier molecular flexibility index (Phi) is 7.33. The van der Waals surface area contributed by atoms with Gasteiger partial charge in [-0.3, -0.25) is 9.97 Å². The van der Waals surface area contributed by atoms with E-state index in [1.165, 1.54) is 6.20 Å². The third-order valence-electron chi connectivity index (χ3n) is 6.13. The lowest BCUT2D eigenvalue weighted by Gasteiger charge is -2.24. The molecular formula is C27H25ClN8O. The van der Waals surface area contributed by atoms with Crippen molar-refractivity contribution in [2.75, 3.05) is 17.2 Å². The third-order valence-corrected chi connectivity index (χ3v) is 6.42. The Morgan fingerprint density at radius 2 is 1.89 bits per heavy atom. The van der Waals surface area contributed by atoms with Gasteiger partial charge in [-0.1, -0.05) is 48.0 Å². The highest BCUT2D eigenvalue weighted by Crippen LogP contribution is 2.37. The largest absolute Gasteiger partial charge is 0.396 e. The number of hydrogen-bond donors (Lipinski definition) is 6. The minimum atomic E-state index is -0.264. The van der Waals surface area contributed by atoms with Gasteiger partial charge in [-0.15, -0.1) is 0 Å². The summed E-state index contributed by atoms with van der Waals surface area (Å²) in [7, 11) is 0. The quantitative estimate of drug-likeness (QED) is 0.194. The molecule has 6 N–H and O–H groups in total. The number of halogens is 1. The maximum atomic E-state index is 9.90. The van der Waals surface area contributed by atoms with Gasteiger partial charge >= 0.3 is 0 Å². The van der Waals surface area contributed by atoms with Crippen molar-refractivity contribution >= 4 is 33.9 Å². The van der Waals surface area contributed by atoms with E-state index in [9.17, 15) is 10.4 Å². The Labute approximate surface area is 219 Å². The number of nitrogens with one attached hydrogen (secondary N) is 5. The van der Waals surface area contributed by atoms with E-state index in [1.807, 2.05) is 60.8 Å². The third kappa shape index (κ3) is 5.27. The number of rotatable bonds is 9. The molecule has 2 aromatic heterocycles. The highest BCUT2D eigenvalue weighted by atomic mass is 35.5. The van der Waals surface area contributed by atoms with Gasteiger partial charge in [0.1, 0.15) is 6.07 Å². The van der Waals surface area contributed by atoms with Crippen molar-refractivity contribution in [3.8, 4) is 6.07 Å². The Bertz CT molecular complexity index is 1460. The molecule has 0 saturated heterocycles. The predicted octanol–water partition coefficient (Wildman–Crippen LogP) is 4.30. The van der Waals surface area contributed by atoms with Crippen LogP contribution in [0.2, 0.25) is 5.02 Å². The maximum absolute atomic E-state index is 9.90. The van der Waals surface area contributed by atoms with Crippen LogP contribution in [0.4, 0.5) is 11.4 Å². The van der Waals surface area contributed by atoms with Gasteiger partial charge in [0.05, 0.1) is 39.6 Å². The van der Waals surface area contributed by atoms with Crippen LogP contribution < -0.4 is 27.0 Å². The van der Waals surface area contributed by atoms with E-state index >= 15 is 0 Å². The Hall–Kier alpha value is -4.36. The summed E-state index contributed by atoms with van der Waals surface area (Å²) in [6.07, 6.45) is 7.34. The van der Waals surface area contributed by atoms with Gasteiger partial charge in [0.25, 0.3) is 0 Å². The lowest BCUT2D eigenvalue weighted by Crippen LogP contribution is -2.33. The summed E-state index contributed by atoms with van der Waals surface area (Å²) < 4.78 is 0. The summed E-state index contributed by atoms with van der Waals surface area (Å²) in [5.74, 6) is 0. The van der Waals surface area contributed by atoms with Crippen LogP contribution in [0, 0.1) is 11.3 Å². The number of anilines is 2. The zero-order valence-electron chi connectivity index (χ0n) is 19.7. The van der Waals surface area contributed by atoms with Gasteiger partial charge in [0, 0.05) is 42.5 Å². The lowest BCUT2D eigenvalue weighted by molar-refractivity contribution is 0.280. The molecule has 0 unspecified atom stereocenters. The topological polar surface area (TPSA) is 130 Å². The average Bonchev–Trinajstić information content (AvgIpc) is 3.47. The summed E-state index contributed by atoms with van der Waals surface area (Å²) in [5, 5.41) is 27.8. The van der Waals surface area contributed by atoms with Crippen LogP contribution in [-0.2, 0) is 0 Å². The van der Waals surface area contributed by atoms with Gasteiger partial charge in [0.2, 0.25) is 0 Å². The van der Waals surface area contributed by atoms with Crippen molar-refractivity contribution in [2.45, 2.75) is 18.5 Å². The summed E-state index contributed by atoms with van der Waals surface area (Å²) >= 11 is 6.71. The fourth-order valence-corrected chi connectivity index (χ4v) is 4.63. The monoisotopic (exact) mass is 512 g/mol. The molecule has 0 aliphatic carbocycles. The van der Waals surface area contributed by atoms with E-state index in [0.29, 0.717) is 33.6 Å². The number of fused-ring (bicyclic) bond motifs is 1. The minimum Gasteiger partial charge on any atom is -0.396 e. The van der Waals surface area contributed by atoms with E-state index in [0.717, 1.165) is 22.5 Å². The smallest absolute Gasteiger partial charge is 0.103 e. The number of nitriles is 1. The predicted molar refractivity (Wildman–Crippen MR) is 144 cm³/mol. The molecule has 2 atom stereocenters. The fraction of sp³-hybridized carbons (Fsp3) is 0.148. The van der Waals surface area contributed by atoms with Crippen LogP contribution in [0.3, 0.4) is 0 Å². The van der Waals surface area contributed by atoms with Crippen LogP contribution in [0.5, 0.6) is 0 Å². The van der Waals surface area contributed by atoms with Crippen LogP contribution in [0.25, 0.3) is 10.9 Å². The molecule has 0 spiro atoms. The molecule has 3 heterocycles. The molecule has 186 valence electrons. The van der Waals surface area contributed by atoms with E-state index in [-0.39, 0.29) is 18.7 Å². The molecule has 0 fully saturated rings. The molecule has 4 aromatic rings. The molecule has 10 heteroatoms. The van der Waals surface area contributed by atoms with Gasteiger partial charge in [0.15, 0.2) is 0 Å². The van der Waals surface area contributed by atoms with Crippen LogP contribution >= 0.6 is 11.6 Å². The van der Waals surface area contributed by atoms with Crippen LogP contribution in [-0.4, -0.2) is 21.7 Å². The van der Waals surface area contributed by atoms with Gasteiger partial charge in [-0.2, -0.15) is 10.8 Å². The average molecular weight is 513 g/mol. The first-order chi connectivity index (χ1) is 18.2.